The lowest BCUT2D eigenvalue weighted by Crippen LogP contribution is -2.21. The molecule has 0 aliphatic carbocycles. The molecule has 0 atom stereocenters. The molecule has 0 fully saturated rings. The molecule has 0 saturated heterocycles. The fourth-order valence-corrected chi connectivity index (χ4v) is 2.87. The number of phenols is 1. The van der Waals surface area contributed by atoms with Gasteiger partial charge in [-0.3, -0.25) is 0 Å². The summed E-state index contributed by atoms with van der Waals surface area (Å²) in [7, 11) is 0. The van der Waals surface area contributed by atoms with Crippen LogP contribution >= 0.6 is 0 Å². The van der Waals surface area contributed by atoms with E-state index in [1.165, 1.54) is 0 Å². The zero-order valence-electron chi connectivity index (χ0n) is 13.0. The second kappa shape index (κ2) is 4.18. The third kappa shape index (κ3) is 2.33. The molecule has 0 saturated carbocycles. The van der Waals surface area contributed by atoms with Gasteiger partial charge in [-0.2, -0.15) is 0 Å². The summed E-state index contributed by atoms with van der Waals surface area (Å²) in [4.78, 5) is 0. The Morgan fingerprint density at radius 3 is 1.28 bits per heavy atom. The van der Waals surface area contributed by atoms with Crippen molar-refractivity contribution < 1.29 is 5.11 Å². The van der Waals surface area contributed by atoms with Crippen LogP contribution in [0, 0.1) is 13.8 Å². The number of aromatic hydroxyl groups is 1. The monoisotopic (exact) mass is 249 g/mol. The fraction of sp³-hybridized carbons (Fsp3) is 0.625. The Kier molecular flexibility index (Phi) is 3.46. The maximum absolute atomic E-state index is 10.7. The maximum atomic E-state index is 10.7. The van der Waals surface area contributed by atoms with Gasteiger partial charge >= 0.3 is 0 Å². The summed E-state index contributed by atoms with van der Waals surface area (Å²) in [5.41, 5.74) is 10.8. The highest BCUT2D eigenvalue weighted by atomic mass is 16.3. The number of phenolic OH excluding ortho intramolecular Hbond substituents is 1. The van der Waals surface area contributed by atoms with Gasteiger partial charge < -0.3 is 10.8 Å². The van der Waals surface area contributed by atoms with Crippen LogP contribution in [0.3, 0.4) is 0 Å². The molecular weight excluding hydrogens is 222 g/mol. The Morgan fingerprint density at radius 2 is 1.06 bits per heavy atom. The second-order valence-corrected chi connectivity index (χ2v) is 7.26. The predicted octanol–water partition coefficient (Wildman–Crippen LogP) is 4.19. The van der Waals surface area contributed by atoms with E-state index in [4.69, 9.17) is 5.73 Å². The summed E-state index contributed by atoms with van der Waals surface area (Å²) >= 11 is 0. The highest BCUT2D eigenvalue weighted by Gasteiger charge is 2.30. The number of nitrogens with two attached hydrogens (primary N) is 1. The lowest BCUT2D eigenvalue weighted by Gasteiger charge is -2.31. The number of rotatable bonds is 0. The standard InChI is InChI=1S/C16H27NO/c1-9-11(15(3,4)5)14(18)12(16(6,7)8)10(2)13(9)17/h18H,17H2,1-8H3. The van der Waals surface area contributed by atoms with E-state index in [9.17, 15) is 5.11 Å². The number of anilines is 1. The minimum absolute atomic E-state index is 0.115. The maximum Gasteiger partial charge on any atom is 0.123 e. The van der Waals surface area contributed by atoms with E-state index in [1.54, 1.807) is 0 Å². The molecule has 1 aromatic carbocycles. The van der Waals surface area contributed by atoms with Crippen LogP contribution in [0.15, 0.2) is 0 Å². The lowest BCUT2D eigenvalue weighted by molar-refractivity contribution is 0.421. The van der Waals surface area contributed by atoms with Crippen LogP contribution in [0.25, 0.3) is 0 Å². The summed E-state index contributed by atoms with van der Waals surface area (Å²) in [6.45, 7) is 16.6. The van der Waals surface area contributed by atoms with Crippen LogP contribution in [-0.4, -0.2) is 5.11 Å². The van der Waals surface area contributed by atoms with Crippen molar-refractivity contribution in [2.45, 2.75) is 66.2 Å². The summed E-state index contributed by atoms with van der Waals surface area (Å²) in [6.07, 6.45) is 0. The first kappa shape index (κ1) is 14.9. The van der Waals surface area contributed by atoms with Crippen molar-refractivity contribution in [2.24, 2.45) is 0 Å². The van der Waals surface area contributed by atoms with Crippen LogP contribution in [0.5, 0.6) is 5.75 Å². The van der Waals surface area contributed by atoms with E-state index in [1.807, 2.05) is 13.8 Å². The number of hydrogen-bond donors (Lipinski definition) is 2. The van der Waals surface area contributed by atoms with Crippen molar-refractivity contribution in [1.29, 1.82) is 0 Å². The first-order valence-electron chi connectivity index (χ1n) is 6.51. The SMILES string of the molecule is Cc1c(N)c(C)c(C(C)(C)C)c(O)c1C(C)(C)C. The molecule has 2 heteroatoms. The van der Waals surface area contributed by atoms with Gasteiger partial charge in [0.05, 0.1) is 0 Å². The van der Waals surface area contributed by atoms with Crippen molar-refractivity contribution in [3.8, 4) is 5.75 Å². The van der Waals surface area contributed by atoms with Gasteiger partial charge in [0.2, 0.25) is 0 Å². The molecule has 2 nitrogen and oxygen atoms in total. The van der Waals surface area contributed by atoms with E-state index in [2.05, 4.69) is 41.5 Å². The first-order chi connectivity index (χ1) is 7.89. The molecule has 0 amide bonds. The van der Waals surface area contributed by atoms with Gasteiger partial charge in [-0.25, -0.2) is 0 Å². The molecule has 102 valence electrons. The molecule has 0 unspecified atom stereocenters. The lowest BCUT2D eigenvalue weighted by atomic mass is 9.75. The van der Waals surface area contributed by atoms with Crippen molar-refractivity contribution in [3.63, 3.8) is 0 Å². The summed E-state index contributed by atoms with van der Waals surface area (Å²) in [5, 5.41) is 10.7. The van der Waals surface area contributed by atoms with Crippen LogP contribution < -0.4 is 5.73 Å². The van der Waals surface area contributed by atoms with Crippen molar-refractivity contribution in [3.05, 3.63) is 22.3 Å². The van der Waals surface area contributed by atoms with E-state index in [0.29, 0.717) is 5.75 Å². The average Bonchev–Trinajstić information content (AvgIpc) is 2.09. The van der Waals surface area contributed by atoms with Crippen molar-refractivity contribution >= 4 is 5.69 Å². The molecule has 0 radical (unpaired) electrons. The molecule has 0 spiro atoms. The Balaban J connectivity index is 3.83. The van der Waals surface area contributed by atoms with E-state index in [-0.39, 0.29) is 10.8 Å². The molecule has 0 aromatic heterocycles. The predicted molar refractivity (Wildman–Crippen MR) is 79.4 cm³/mol. The Bertz CT molecular complexity index is 432. The second-order valence-electron chi connectivity index (χ2n) is 7.26. The highest BCUT2D eigenvalue weighted by Crippen LogP contribution is 2.45. The smallest absolute Gasteiger partial charge is 0.123 e. The topological polar surface area (TPSA) is 46.2 Å². The number of hydrogen-bond acceptors (Lipinski definition) is 2. The van der Waals surface area contributed by atoms with Gasteiger partial charge in [-0.05, 0) is 35.8 Å². The molecule has 0 bridgehead atoms. The molecular formula is C16H27NO. The van der Waals surface area contributed by atoms with Crippen LogP contribution in [0.1, 0.15) is 63.8 Å². The van der Waals surface area contributed by atoms with Crippen molar-refractivity contribution in [2.75, 3.05) is 5.73 Å². The minimum Gasteiger partial charge on any atom is -0.507 e. The minimum atomic E-state index is -0.115. The van der Waals surface area contributed by atoms with Gasteiger partial charge in [-0.15, -0.1) is 0 Å². The van der Waals surface area contributed by atoms with Crippen molar-refractivity contribution in [1.82, 2.24) is 0 Å². The van der Waals surface area contributed by atoms with Gasteiger partial charge in [0.25, 0.3) is 0 Å². The van der Waals surface area contributed by atoms with E-state index >= 15 is 0 Å². The third-order valence-electron chi connectivity index (χ3n) is 3.53. The summed E-state index contributed by atoms with van der Waals surface area (Å²) in [5.74, 6) is 0.416. The number of benzene rings is 1. The van der Waals surface area contributed by atoms with E-state index < -0.39 is 0 Å². The van der Waals surface area contributed by atoms with Crippen LogP contribution in [-0.2, 0) is 10.8 Å². The van der Waals surface area contributed by atoms with Crippen LogP contribution in [0.2, 0.25) is 0 Å². The zero-order chi connectivity index (χ0) is 14.5. The third-order valence-corrected chi connectivity index (χ3v) is 3.53. The highest BCUT2D eigenvalue weighted by molar-refractivity contribution is 5.67. The molecule has 0 heterocycles. The molecule has 3 N–H and O–H groups in total. The van der Waals surface area contributed by atoms with E-state index in [0.717, 1.165) is 27.9 Å². The molecule has 18 heavy (non-hydrogen) atoms. The fourth-order valence-electron chi connectivity index (χ4n) is 2.87. The first-order valence-corrected chi connectivity index (χ1v) is 6.51. The van der Waals surface area contributed by atoms with Crippen LogP contribution in [0.4, 0.5) is 5.69 Å². The molecule has 0 aliphatic heterocycles. The summed E-state index contributed by atoms with van der Waals surface area (Å²) in [6, 6.07) is 0. The van der Waals surface area contributed by atoms with Gasteiger partial charge in [0.15, 0.2) is 0 Å². The van der Waals surface area contributed by atoms with Gasteiger partial charge in [0.1, 0.15) is 5.75 Å². The Morgan fingerprint density at radius 1 is 0.778 bits per heavy atom. The van der Waals surface area contributed by atoms with Gasteiger partial charge in [-0.1, -0.05) is 41.5 Å². The Hall–Kier alpha value is -1.18. The van der Waals surface area contributed by atoms with Gasteiger partial charge in [0, 0.05) is 16.8 Å². The quantitative estimate of drug-likeness (QED) is 0.535. The average molecular weight is 249 g/mol. The normalized spacial score (nSPS) is 12.9. The molecule has 0 aliphatic rings. The largest absolute Gasteiger partial charge is 0.507 e. The Labute approximate surface area is 111 Å². The molecule has 1 rings (SSSR count). The number of nitrogen functional groups attached to an aromatic ring is 1. The zero-order valence-corrected chi connectivity index (χ0v) is 13.0. The molecule has 1 aromatic rings. The summed E-state index contributed by atoms with van der Waals surface area (Å²) < 4.78 is 0.